The molecule has 1 aliphatic rings. The number of likely N-dealkylation sites (N-methyl/N-ethyl adjacent to an activating group) is 1. The summed E-state index contributed by atoms with van der Waals surface area (Å²) in [5, 5.41) is 9.31. The van der Waals surface area contributed by atoms with Crippen molar-refractivity contribution in [3.05, 3.63) is 0 Å². The van der Waals surface area contributed by atoms with Crippen LogP contribution in [0.1, 0.15) is 6.42 Å². The lowest BCUT2D eigenvalue weighted by Gasteiger charge is -2.19. The standard InChI is InChI=1S/C6H14N2O2/c1-8-3-2-6(9)5(8)4-10-7/h5-6,9H,2-4,7H2,1H3. The first-order chi connectivity index (χ1) is 4.75. The minimum atomic E-state index is -0.270. The molecule has 0 radical (unpaired) electrons. The van der Waals surface area contributed by atoms with Gasteiger partial charge >= 0.3 is 0 Å². The Hall–Kier alpha value is -0.160. The summed E-state index contributed by atoms with van der Waals surface area (Å²) in [6, 6.07) is 0.0880. The summed E-state index contributed by atoms with van der Waals surface area (Å²) in [6.45, 7) is 1.34. The van der Waals surface area contributed by atoms with E-state index >= 15 is 0 Å². The van der Waals surface area contributed by atoms with Crippen LogP contribution >= 0.6 is 0 Å². The van der Waals surface area contributed by atoms with Crippen LogP contribution in [0.15, 0.2) is 0 Å². The number of nitrogens with two attached hydrogens (primary N) is 1. The normalized spacial score (nSPS) is 35.1. The zero-order chi connectivity index (χ0) is 7.56. The zero-order valence-electron chi connectivity index (χ0n) is 6.16. The first-order valence-electron chi connectivity index (χ1n) is 3.45. The monoisotopic (exact) mass is 146 g/mol. The highest BCUT2D eigenvalue weighted by Crippen LogP contribution is 2.14. The largest absolute Gasteiger partial charge is 0.391 e. The van der Waals surface area contributed by atoms with Crippen LogP contribution in [0, 0.1) is 0 Å². The maximum atomic E-state index is 9.31. The molecule has 1 aliphatic heterocycles. The van der Waals surface area contributed by atoms with E-state index in [1.165, 1.54) is 0 Å². The highest BCUT2D eigenvalue weighted by molar-refractivity contribution is 4.84. The van der Waals surface area contributed by atoms with Gasteiger partial charge in [0.05, 0.1) is 18.8 Å². The van der Waals surface area contributed by atoms with Gasteiger partial charge in [-0.3, -0.25) is 4.90 Å². The molecule has 1 rings (SSSR count). The second-order valence-electron chi connectivity index (χ2n) is 2.74. The lowest BCUT2D eigenvalue weighted by atomic mass is 10.2. The molecule has 0 aromatic rings. The smallest absolute Gasteiger partial charge is 0.0859 e. The van der Waals surface area contributed by atoms with E-state index in [1.54, 1.807) is 0 Å². The summed E-state index contributed by atoms with van der Waals surface area (Å²) < 4.78 is 0. The fraction of sp³-hybridized carbons (Fsp3) is 1.00. The quantitative estimate of drug-likeness (QED) is 0.488. The Morgan fingerprint density at radius 1 is 1.80 bits per heavy atom. The predicted molar refractivity (Wildman–Crippen MR) is 37.2 cm³/mol. The molecule has 0 saturated carbocycles. The van der Waals surface area contributed by atoms with E-state index in [9.17, 15) is 5.11 Å². The molecule has 2 unspecified atom stereocenters. The fourth-order valence-corrected chi connectivity index (χ4v) is 1.32. The third-order valence-corrected chi connectivity index (χ3v) is 2.05. The number of rotatable bonds is 2. The van der Waals surface area contributed by atoms with Gasteiger partial charge in [0.1, 0.15) is 0 Å². The number of aliphatic hydroxyl groups excluding tert-OH is 1. The van der Waals surface area contributed by atoms with E-state index in [0.717, 1.165) is 13.0 Å². The van der Waals surface area contributed by atoms with Crippen LogP contribution in [0.5, 0.6) is 0 Å². The minimum Gasteiger partial charge on any atom is -0.391 e. The first-order valence-corrected chi connectivity index (χ1v) is 3.45. The topological polar surface area (TPSA) is 58.7 Å². The number of aliphatic hydroxyl groups is 1. The molecule has 0 aliphatic carbocycles. The van der Waals surface area contributed by atoms with Crippen LogP contribution in [-0.2, 0) is 4.84 Å². The van der Waals surface area contributed by atoms with Gasteiger partial charge in [0.2, 0.25) is 0 Å². The SMILES string of the molecule is CN1CCC(O)C1CON. The average Bonchev–Trinajstić information content (AvgIpc) is 2.20. The van der Waals surface area contributed by atoms with Crippen molar-refractivity contribution in [2.24, 2.45) is 5.90 Å². The molecule has 1 fully saturated rings. The summed E-state index contributed by atoms with van der Waals surface area (Å²) in [7, 11) is 1.96. The lowest BCUT2D eigenvalue weighted by Crippen LogP contribution is -2.37. The Morgan fingerprint density at radius 2 is 2.50 bits per heavy atom. The molecule has 0 spiro atoms. The van der Waals surface area contributed by atoms with E-state index in [-0.39, 0.29) is 12.1 Å². The summed E-state index contributed by atoms with van der Waals surface area (Å²) in [5.41, 5.74) is 0. The molecular formula is C6H14N2O2. The van der Waals surface area contributed by atoms with Crippen molar-refractivity contribution in [3.63, 3.8) is 0 Å². The molecule has 0 amide bonds. The lowest BCUT2D eigenvalue weighted by molar-refractivity contribution is 0.0374. The summed E-state index contributed by atoms with van der Waals surface area (Å²) >= 11 is 0. The van der Waals surface area contributed by atoms with Gasteiger partial charge in [-0.25, -0.2) is 5.90 Å². The molecule has 4 nitrogen and oxygen atoms in total. The van der Waals surface area contributed by atoms with E-state index < -0.39 is 0 Å². The van der Waals surface area contributed by atoms with Gasteiger partial charge in [-0.1, -0.05) is 0 Å². The van der Waals surface area contributed by atoms with E-state index in [1.807, 2.05) is 7.05 Å². The number of likely N-dealkylation sites (tertiary alicyclic amines) is 1. The Balaban J connectivity index is 2.38. The van der Waals surface area contributed by atoms with E-state index in [4.69, 9.17) is 5.90 Å². The second kappa shape index (κ2) is 3.30. The van der Waals surface area contributed by atoms with Crippen molar-refractivity contribution in [3.8, 4) is 0 Å². The molecular weight excluding hydrogens is 132 g/mol. The number of hydrogen-bond donors (Lipinski definition) is 2. The molecule has 60 valence electrons. The molecule has 0 aromatic heterocycles. The molecule has 1 saturated heterocycles. The van der Waals surface area contributed by atoms with Crippen LogP contribution in [0.25, 0.3) is 0 Å². The highest BCUT2D eigenvalue weighted by Gasteiger charge is 2.29. The molecule has 4 heteroatoms. The van der Waals surface area contributed by atoms with E-state index in [2.05, 4.69) is 9.74 Å². The molecule has 0 aromatic carbocycles. The van der Waals surface area contributed by atoms with Crippen molar-refractivity contribution >= 4 is 0 Å². The summed E-state index contributed by atoms with van der Waals surface area (Å²) in [5.74, 6) is 4.89. The molecule has 3 N–H and O–H groups in total. The predicted octanol–water partition coefficient (Wildman–Crippen LogP) is -1.06. The van der Waals surface area contributed by atoms with Crippen molar-refractivity contribution in [2.45, 2.75) is 18.6 Å². The Kier molecular flexibility index (Phi) is 2.62. The van der Waals surface area contributed by atoms with Crippen LogP contribution in [0.4, 0.5) is 0 Å². The average molecular weight is 146 g/mol. The van der Waals surface area contributed by atoms with Crippen LogP contribution in [-0.4, -0.2) is 42.4 Å². The van der Waals surface area contributed by atoms with Crippen molar-refractivity contribution in [2.75, 3.05) is 20.2 Å². The van der Waals surface area contributed by atoms with E-state index in [0.29, 0.717) is 6.61 Å². The Bertz CT molecular complexity index is 99.9. The van der Waals surface area contributed by atoms with Crippen molar-refractivity contribution < 1.29 is 9.94 Å². The number of hydrogen-bond acceptors (Lipinski definition) is 4. The third-order valence-electron chi connectivity index (χ3n) is 2.05. The van der Waals surface area contributed by atoms with Gasteiger partial charge < -0.3 is 9.94 Å². The second-order valence-corrected chi connectivity index (χ2v) is 2.74. The van der Waals surface area contributed by atoms with Gasteiger partial charge in [0, 0.05) is 6.54 Å². The Morgan fingerprint density at radius 3 is 2.90 bits per heavy atom. The third kappa shape index (κ3) is 1.46. The van der Waals surface area contributed by atoms with Crippen LogP contribution in [0.3, 0.4) is 0 Å². The summed E-state index contributed by atoms with van der Waals surface area (Å²) in [6.07, 6.45) is 0.554. The van der Waals surface area contributed by atoms with Crippen molar-refractivity contribution in [1.82, 2.24) is 4.90 Å². The van der Waals surface area contributed by atoms with Gasteiger partial charge in [-0.2, -0.15) is 0 Å². The molecule has 1 heterocycles. The highest BCUT2D eigenvalue weighted by atomic mass is 16.6. The van der Waals surface area contributed by atoms with Crippen LogP contribution < -0.4 is 5.90 Å². The van der Waals surface area contributed by atoms with Gasteiger partial charge in [-0.15, -0.1) is 0 Å². The van der Waals surface area contributed by atoms with Crippen LogP contribution in [0.2, 0.25) is 0 Å². The Labute approximate surface area is 60.5 Å². The summed E-state index contributed by atoms with van der Waals surface area (Å²) in [4.78, 5) is 6.52. The fourth-order valence-electron chi connectivity index (χ4n) is 1.32. The molecule has 2 atom stereocenters. The number of nitrogens with zero attached hydrogens (tertiary/aromatic N) is 1. The van der Waals surface area contributed by atoms with Gasteiger partial charge in [-0.05, 0) is 13.5 Å². The molecule has 0 bridgehead atoms. The van der Waals surface area contributed by atoms with Gasteiger partial charge in [0.15, 0.2) is 0 Å². The van der Waals surface area contributed by atoms with Crippen molar-refractivity contribution in [1.29, 1.82) is 0 Å². The maximum Gasteiger partial charge on any atom is 0.0859 e. The van der Waals surface area contributed by atoms with Gasteiger partial charge in [0.25, 0.3) is 0 Å². The first kappa shape index (κ1) is 7.94. The molecule has 10 heavy (non-hydrogen) atoms. The minimum absolute atomic E-state index is 0.0880. The maximum absolute atomic E-state index is 9.31. The zero-order valence-corrected chi connectivity index (χ0v) is 6.16.